The number of aryl methyl sites for hydroxylation is 2. The molecule has 3 amide bonds. The highest BCUT2D eigenvalue weighted by atomic mass is 32.2. The molecule has 0 spiro atoms. The zero-order chi connectivity index (χ0) is 20.8. The maximum absolute atomic E-state index is 12.1. The number of nitrogens with one attached hydrogen (secondary N) is 2. The first-order chi connectivity index (χ1) is 14.0. The number of benzene rings is 2. The van der Waals surface area contributed by atoms with E-state index in [4.69, 9.17) is 4.74 Å². The topological polar surface area (TPSA) is 111 Å². The first kappa shape index (κ1) is 20.3. The zero-order valence-electron chi connectivity index (χ0n) is 16.2. The van der Waals surface area contributed by atoms with Crippen LogP contribution >= 0.6 is 11.8 Å². The number of hydrogen-bond donors (Lipinski definition) is 2. The van der Waals surface area contributed by atoms with E-state index in [1.54, 1.807) is 37.4 Å². The van der Waals surface area contributed by atoms with Gasteiger partial charge in [0.25, 0.3) is 0 Å². The van der Waals surface area contributed by atoms with Crippen molar-refractivity contribution in [3.63, 3.8) is 0 Å². The van der Waals surface area contributed by atoms with Crippen molar-refractivity contribution in [2.75, 3.05) is 18.2 Å². The minimum atomic E-state index is -0.586. The number of rotatable bonds is 6. The van der Waals surface area contributed by atoms with Gasteiger partial charge in [-0.3, -0.25) is 10.1 Å². The Bertz CT molecular complexity index is 1020. The summed E-state index contributed by atoms with van der Waals surface area (Å²) in [6.07, 6.45) is 0. The quantitative estimate of drug-likeness (QED) is 0.599. The van der Waals surface area contributed by atoms with Gasteiger partial charge in [-0.05, 0) is 60.2 Å². The standard InChI is InChI=1S/C19H20N6O3S/c1-12-4-9-16(13(2)10-12)20-18(27)21-17(26)11-29-19-22-23-24-25(19)14-5-7-15(28-3)8-6-14/h4-10H,11H2,1-3H3,(H2,20,21,26,27). The molecule has 150 valence electrons. The third kappa shape index (κ3) is 5.32. The molecule has 0 atom stereocenters. The molecular formula is C19H20N6O3S. The molecule has 29 heavy (non-hydrogen) atoms. The lowest BCUT2D eigenvalue weighted by molar-refractivity contribution is -0.117. The van der Waals surface area contributed by atoms with Crippen LogP contribution < -0.4 is 15.4 Å². The van der Waals surface area contributed by atoms with Crippen LogP contribution in [0.3, 0.4) is 0 Å². The Balaban J connectivity index is 1.55. The number of tetrazole rings is 1. The maximum Gasteiger partial charge on any atom is 0.325 e. The average molecular weight is 412 g/mol. The van der Waals surface area contributed by atoms with E-state index in [9.17, 15) is 9.59 Å². The Morgan fingerprint density at radius 1 is 1.14 bits per heavy atom. The summed E-state index contributed by atoms with van der Waals surface area (Å²) < 4.78 is 6.64. The zero-order valence-corrected chi connectivity index (χ0v) is 17.0. The average Bonchev–Trinajstić information content (AvgIpc) is 3.17. The van der Waals surface area contributed by atoms with Gasteiger partial charge in [-0.15, -0.1) is 5.10 Å². The number of amides is 3. The summed E-state index contributed by atoms with van der Waals surface area (Å²) in [5.41, 5.74) is 3.39. The Kier molecular flexibility index (Phi) is 6.45. The number of carbonyl (C=O) groups excluding carboxylic acids is 2. The second-order valence-electron chi connectivity index (χ2n) is 6.18. The fourth-order valence-electron chi connectivity index (χ4n) is 2.55. The van der Waals surface area contributed by atoms with Crippen LogP contribution in [-0.4, -0.2) is 45.0 Å². The molecule has 0 aliphatic rings. The summed E-state index contributed by atoms with van der Waals surface area (Å²) in [5.74, 6) is 0.239. The fourth-order valence-corrected chi connectivity index (χ4v) is 3.25. The van der Waals surface area contributed by atoms with E-state index in [1.807, 2.05) is 26.0 Å². The molecule has 1 aromatic heterocycles. The van der Waals surface area contributed by atoms with E-state index in [2.05, 4.69) is 26.2 Å². The summed E-state index contributed by atoms with van der Waals surface area (Å²) in [7, 11) is 1.59. The monoisotopic (exact) mass is 412 g/mol. The second-order valence-corrected chi connectivity index (χ2v) is 7.12. The second kappa shape index (κ2) is 9.20. The predicted octanol–water partition coefficient (Wildman–Crippen LogP) is 2.73. The van der Waals surface area contributed by atoms with Gasteiger partial charge in [0.1, 0.15) is 5.75 Å². The summed E-state index contributed by atoms with van der Waals surface area (Å²) in [5, 5.41) is 16.9. The number of methoxy groups -OCH3 is 1. The van der Waals surface area contributed by atoms with Gasteiger partial charge in [0.15, 0.2) is 0 Å². The summed E-state index contributed by atoms with van der Waals surface area (Å²) in [6, 6.07) is 12.2. The highest BCUT2D eigenvalue weighted by molar-refractivity contribution is 7.99. The van der Waals surface area contributed by atoms with Crippen LogP contribution in [0.5, 0.6) is 5.75 Å². The van der Waals surface area contributed by atoms with E-state index in [-0.39, 0.29) is 5.75 Å². The summed E-state index contributed by atoms with van der Waals surface area (Å²) in [4.78, 5) is 24.2. The molecule has 0 aliphatic carbocycles. The van der Waals surface area contributed by atoms with Gasteiger partial charge in [0.2, 0.25) is 11.1 Å². The molecule has 0 radical (unpaired) electrons. The third-order valence-corrected chi connectivity index (χ3v) is 4.89. The van der Waals surface area contributed by atoms with E-state index in [1.165, 1.54) is 4.68 Å². The van der Waals surface area contributed by atoms with E-state index in [0.29, 0.717) is 16.6 Å². The van der Waals surface area contributed by atoms with Crippen LogP contribution in [0, 0.1) is 13.8 Å². The highest BCUT2D eigenvalue weighted by Crippen LogP contribution is 2.20. The van der Waals surface area contributed by atoms with E-state index < -0.39 is 11.9 Å². The molecule has 0 fully saturated rings. The van der Waals surface area contributed by atoms with Crippen LogP contribution in [0.4, 0.5) is 10.5 Å². The summed E-state index contributed by atoms with van der Waals surface area (Å²) in [6.45, 7) is 3.86. The molecule has 9 nitrogen and oxygen atoms in total. The number of carbonyl (C=O) groups is 2. The van der Waals surface area contributed by atoms with Gasteiger partial charge in [0.05, 0.1) is 18.6 Å². The van der Waals surface area contributed by atoms with Crippen molar-refractivity contribution in [2.24, 2.45) is 0 Å². The minimum absolute atomic E-state index is 0.0170. The Labute approximate surface area is 171 Å². The number of anilines is 1. The first-order valence-corrected chi connectivity index (χ1v) is 9.68. The lowest BCUT2D eigenvalue weighted by atomic mass is 10.1. The number of aromatic nitrogens is 4. The molecule has 0 aliphatic heterocycles. The first-order valence-electron chi connectivity index (χ1n) is 8.70. The van der Waals surface area contributed by atoms with Crippen LogP contribution in [0.1, 0.15) is 11.1 Å². The van der Waals surface area contributed by atoms with Crippen molar-refractivity contribution in [1.29, 1.82) is 0 Å². The van der Waals surface area contributed by atoms with Crippen LogP contribution in [0.25, 0.3) is 5.69 Å². The summed E-state index contributed by atoms with van der Waals surface area (Å²) >= 11 is 1.12. The molecule has 1 heterocycles. The smallest absolute Gasteiger partial charge is 0.325 e. The van der Waals surface area contributed by atoms with Crippen molar-refractivity contribution >= 4 is 29.4 Å². The Morgan fingerprint density at radius 3 is 2.59 bits per heavy atom. The van der Waals surface area contributed by atoms with Crippen molar-refractivity contribution in [3.05, 3.63) is 53.6 Å². The van der Waals surface area contributed by atoms with Gasteiger partial charge in [-0.1, -0.05) is 29.5 Å². The Morgan fingerprint density at radius 2 is 1.90 bits per heavy atom. The molecule has 2 aromatic carbocycles. The van der Waals surface area contributed by atoms with E-state index >= 15 is 0 Å². The molecule has 0 saturated heterocycles. The normalized spacial score (nSPS) is 10.4. The van der Waals surface area contributed by atoms with Gasteiger partial charge in [0, 0.05) is 5.69 Å². The number of hydrogen-bond acceptors (Lipinski definition) is 7. The molecule has 3 rings (SSSR count). The lowest BCUT2D eigenvalue weighted by Gasteiger charge is -2.10. The molecule has 10 heteroatoms. The van der Waals surface area contributed by atoms with Gasteiger partial charge >= 0.3 is 6.03 Å². The third-order valence-electron chi connectivity index (χ3n) is 3.97. The minimum Gasteiger partial charge on any atom is -0.497 e. The number of ether oxygens (including phenoxy) is 1. The van der Waals surface area contributed by atoms with Gasteiger partial charge in [-0.25, -0.2) is 4.79 Å². The number of thioether (sulfide) groups is 1. The lowest BCUT2D eigenvalue weighted by Crippen LogP contribution is -2.35. The van der Waals surface area contributed by atoms with Crippen molar-refractivity contribution in [2.45, 2.75) is 19.0 Å². The van der Waals surface area contributed by atoms with Gasteiger partial charge in [-0.2, -0.15) is 4.68 Å². The largest absolute Gasteiger partial charge is 0.497 e. The number of urea groups is 1. The van der Waals surface area contributed by atoms with Crippen molar-refractivity contribution in [1.82, 2.24) is 25.5 Å². The maximum atomic E-state index is 12.1. The number of nitrogens with zero attached hydrogens (tertiary/aromatic N) is 4. The van der Waals surface area contributed by atoms with Crippen LogP contribution in [0.2, 0.25) is 0 Å². The molecule has 0 bridgehead atoms. The SMILES string of the molecule is COc1ccc(-n2nnnc2SCC(=O)NC(=O)Nc2ccc(C)cc2C)cc1. The number of imide groups is 1. The Hall–Kier alpha value is -3.40. The fraction of sp³-hybridized carbons (Fsp3) is 0.211. The molecular weight excluding hydrogens is 392 g/mol. The van der Waals surface area contributed by atoms with Crippen LogP contribution in [-0.2, 0) is 4.79 Å². The van der Waals surface area contributed by atoms with Crippen molar-refractivity contribution < 1.29 is 14.3 Å². The molecule has 0 saturated carbocycles. The predicted molar refractivity (Wildman–Crippen MR) is 110 cm³/mol. The molecule has 3 aromatic rings. The molecule has 2 N–H and O–H groups in total. The van der Waals surface area contributed by atoms with Crippen molar-refractivity contribution in [3.8, 4) is 11.4 Å². The van der Waals surface area contributed by atoms with E-state index in [0.717, 1.165) is 28.6 Å². The van der Waals surface area contributed by atoms with Gasteiger partial charge < -0.3 is 10.1 Å². The molecule has 0 unspecified atom stereocenters. The highest BCUT2D eigenvalue weighted by Gasteiger charge is 2.14. The van der Waals surface area contributed by atoms with Crippen LogP contribution in [0.15, 0.2) is 47.6 Å².